The Morgan fingerprint density at radius 1 is 1.20 bits per heavy atom. The van der Waals surface area contributed by atoms with Crippen molar-refractivity contribution in [1.82, 2.24) is 9.88 Å². The minimum Gasteiger partial charge on any atom is -0.287 e. The number of benzene rings is 1. The van der Waals surface area contributed by atoms with Gasteiger partial charge in [0, 0.05) is 47.4 Å². The first-order chi connectivity index (χ1) is 14.5. The molecule has 0 saturated carbocycles. The second kappa shape index (κ2) is 7.47. The van der Waals surface area contributed by atoms with Crippen molar-refractivity contribution >= 4 is 11.3 Å². The summed E-state index contributed by atoms with van der Waals surface area (Å²) < 4.78 is 0. The maximum absolute atomic E-state index is 4.42. The standard InChI is InChI=1S/C27H30N2S/c1-18(2)14-23-26-25-21(19-8-6-12-28-16-19)10-5-11-22(25)24(15-27(26,3)4)29(23)17-20-9-7-13-30-20/h5-13,16,23-24,26H,1,14-15,17H2,2-4H3. The number of rotatable bonds is 5. The summed E-state index contributed by atoms with van der Waals surface area (Å²) in [5.41, 5.74) is 7.21. The van der Waals surface area contributed by atoms with Gasteiger partial charge in [0.2, 0.25) is 0 Å². The Kier molecular flexibility index (Phi) is 4.91. The van der Waals surface area contributed by atoms with Gasteiger partial charge in [-0.3, -0.25) is 9.88 Å². The minimum atomic E-state index is 0.252. The van der Waals surface area contributed by atoms with Gasteiger partial charge in [-0.05, 0) is 59.4 Å². The molecule has 1 saturated heterocycles. The molecule has 3 atom stereocenters. The van der Waals surface area contributed by atoms with Crippen molar-refractivity contribution in [3.8, 4) is 11.1 Å². The molecule has 154 valence electrons. The quantitative estimate of drug-likeness (QED) is 0.410. The molecule has 0 spiro atoms. The van der Waals surface area contributed by atoms with Crippen LogP contribution in [0.5, 0.6) is 0 Å². The molecule has 3 unspecified atom stereocenters. The number of piperidine rings is 1. The van der Waals surface area contributed by atoms with Gasteiger partial charge in [-0.2, -0.15) is 0 Å². The van der Waals surface area contributed by atoms with Gasteiger partial charge in [-0.25, -0.2) is 0 Å². The van der Waals surface area contributed by atoms with E-state index in [1.165, 1.54) is 33.6 Å². The Labute approximate surface area is 184 Å². The summed E-state index contributed by atoms with van der Waals surface area (Å²) in [5, 5.41) is 2.20. The third-order valence-electron chi connectivity index (χ3n) is 7.03. The number of thiophene rings is 1. The molecule has 2 nitrogen and oxygen atoms in total. The van der Waals surface area contributed by atoms with Crippen LogP contribution >= 0.6 is 11.3 Å². The van der Waals surface area contributed by atoms with Gasteiger partial charge in [-0.15, -0.1) is 17.9 Å². The van der Waals surface area contributed by atoms with E-state index in [2.05, 4.69) is 85.1 Å². The molecular weight excluding hydrogens is 384 g/mol. The Balaban J connectivity index is 1.69. The fraction of sp³-hybridized carbons (Fsp3) is 0.370. The Bertz CT molecular complexity index is 1050. The van der Waals surface area contributed by atoms with E-state index in [1.54, 1.807) is 5.56 Å². The molecule has 2 aliphatic heterocycles. The lowest BCUT2D eigenvalue weighted by Gasteiger charge is -2.60. The van der Waals surface area contributed by atoms with E-state index in [4.69, 9.17) is 0 Å². The van der Waals surface area contributed by atoms with E-state index in [1.807, 2.05) is 23.7 Å². The fourth-order valence-corrected chi connectivity index (χ4v) is 6.67. The van der Waals surface area contributed by atoms with E-state index in [9.17, 15) is 0 Å². The molecule has 1 aromatic carbocycles. The second-order valence-electron chi connectivity index (χ2n) is 9.72. The predicted octanol–water partition coefficient (Wildman–Crippen LogP) is 7.22. The highest BCUT2D eigenvalue weighted by Gasteiger charge is 2.54. The number of aromatic nitrogens is 1. The van der Waals surface area contributed by atoms with Crippen LogP contribution in [0.1, 0.15) is 61.6 Å². The van der Waals surface area contributed by atoms with E-state index in [0.717, 1.165) is 13.0 Å². The van der Waals surface area contributed by atoms with Crippen LogP contribution in [-0.4, -0.2) is 15.9 Å². The van der Waals surface area contributed by atoms with Crippen molar-refractivity contribution in [3.63, 3.8) is 0 Å². The third kappa shape index (κ3) is 3.25. The molecular formula is C27H30N2S. The van der Waals surface area contributed by atoms with Gasteiger partial charge in [0.05, 0.1) is 0 Å². The summed E-state index contributed by atoms with van der Waals surface area (Å²) in [4.78, 5) is 8.66. The van der Waals surface area contributed by atoms with Crippen molar-refractivity contribution < 1.29 is 0 Å². The molecule has 3 aromatic rings. The van der Waals surface area contributed by atoms with Gasteiger partial charge in [0.25, 0.3) is 0 Å². The lowest BCUT2D eigenvalue weighted by Crippen LogP contribution is -2.56. The summed E-state index contributed by atoms with van der Waals surface area (Å²) in [6, 6.07) is 16.6. The molecule has 0 amide bonds. The highest BCUT2D eigenvalue weighted by molar-refractivity contribution is 7.09. The van der Waals surface area contributed by atoms with Crippen LogP contribution in [0, 0.1) is 5.41 Å². The minimum absolute atomic E-state index is 0.252. The molecule has 3 heteroatoms. The summed E-state index contributed by atoms with van der Waals surface area (Å²) >= 11 is 1.87. The fourth-order valence-electron chi connectivity index (χ4n) is 5.95. The normalized spacial score (nSPS) is 24.6. The zero-order chi connectivity index (χ0) is 20.9. The Hall–Kier alpha value is -2.23. The molecule has 1 fully saturated rings. The summed E-state index contributed by atoms with van der Waals surface area (Å²) in [6.07, 6.45) is 6.14. The lowest BCUT2D eigenvalue weighted by atomic mass is 9.56. The Morgan fingerprint density at radius 2 is 2.07 bits per heavy atom. The maximum atomic E-state index is 4.42. The molecule has 0 radical (unpaired) electrons. The topological polar surface area (TPSA) is 16.1 Å². The lowest BCUT2D eigenvalue weighted by molar-refractivity contribution is -0.0304. The van der Waals surface area contributed by atoms with Crippen molar-refractivity contribution in [2.24, 2.45) is 5.41 Å². The van der Waals surface area contributed by atoms with Crippen LogP contribution in [0.2, 0.25) is 0 Å². The smallest absolute Gasteiger partial charge is 0.0363 e. The number of fused-ring (bicyclic) bond motifs is 2. The number of hydrogen-bond donors (Lipinski definition) is 0. The van der Waals surface area contributed by atoms with Gasteiger partial charge < -0.3 is 0 Å². The number of hydrogen-bond acceptors (Lipinski definition) is 3. The maximum Gasteiger partial charge on any atom is 0.0363 e. The molecule has 2 aromatic heterocycles. The SMILES string of the molecule is C=C(C)CC1C2c3c(-c4cccnc4)cccc3C(CC2(C)C)N1Cc1cccs1. The van der Waals surface area contributed by atoms with E-state index in [-0.39, 0.29) is 5.41 Å². The van der Waals surface area contributed by atoms with Gasteiger partial charge >= 0.3 is 0 Å². The molecule has 4 heterocycles. The average molecular weight is 415 g/mol. The van der Waals surface area contributed by atoms with Crippen LogP contribution < -0.4 is 0 Å². The highest BCUT2D eigenvalue weighted by atomic mass is 32.1. The monoisotopic (exact) mass is 414 g/mol. The average Bonchev–Trinajstić information content (AvgIpc) is 3.23. The zero-order valence-electron chi connectivity index (χ0n) is 18.1. The number of pyridine rings is 1. The molecule has 2 bridgehead atoms. The largest absolute Gasteiger partial charge is 0.287 e. The predicted molar refractivity (Wildman–Crippen MR) is 127 cm³/mol. The first kappa shape index (κ1) is 19.7. The van der Waals surface area contributed by atoms with E-state index >= 15 is 0 Å². The molecule has 1 aliphatic carbocycles. The van der Waals surface area contributed by atoms with Crippen LogP contribution in [-0.2, 0) is 6.54 Å². The number of nitrogens with zero attached hydrogens (tertiary/aromatic N) is 2. The van der Waals surface area contributed by atoms with Crippen LogP contribution in [0.25, 0.3) is 11.1 Å². The second-order valence-corrected chi connectivity index (χ2v) is 10.7. The highest BCUT2D eigenvalue weighted by Crippen LogP contribution is 2.61. The summed E-state index contributed by atoms with van der Waals surface area (Å²) in [7, 11) is 0. The Morgan fingerprint density at radius 3 is 2.77 bits per heavy atom. The summed E-state index contributed by atoms with van der Waals surface area (Å²) in [5.74, 6) is 0.477. The summed E-state index contributed by atoms with van der Waals surface area (Å²) in [6.45, 7) is 12.5. The van der Waals surface area contributed by atoms with Crippen LogP contribution in [0.3, 0.4) is 0 Å². The van der Waals surface area contributed by atoms with Crippen LogP contribution in [0.4, 0.5) is 0 Å². The van der Waals surface area contributed by atoms with Gasteiger partial charge in [-0.1, -0.05) is 49.8 Å². The molecule has 6 rings (SSSR count). The van der Waals surface area contributed by atoms with E-state index in [0.29, 0.717) is 18.0 Å². The third-order valence-corrected chi connectivity index (χ3v) is 7.89. The zero-order valence-corrected chi connectivity index (χ0v) is 19.0. The van der Waals surface area contributed by atoms with E-state index < -0.39 is 0 Å². The molecule has 3 aliphatic rings. The van der Waals surface area contributed by atoms with Gasteiger partial charge in [0.15, 0.2) is 0 Å². The van der Waals surface area contributed by atoms with Gasteiger partial charge in [0.1, 0.15) is 0 Å². The first-order valence-corrected chi connectivity index (χ1v) is 11.8. The van der Waals surface area contributed by atoms with Crippen molar-refractivity contribution in [3.05, 3.63) is 88.4 Å². The van der Waals surface area contributed by atoms with Crippen molar-refractivity contribution in [2.75, 3.05) is 0 Å². The first-order valence-electron chi connectivity index (χ1n) is 10.9. The van der Waals surface area contributed by atoms with Crippen molar-refractivity contribution in [2.45, 2.75) is 58.2 Å². The van der Waals surface area contributed by atoms with Crippen molar-refractivity contribution in [1.29, 1.82) is 0 Å². The van der Waals surface area contributed by atoms with Crippen LogP contribution in [0.15, 0.2) is 72.4 Å². The molecule has 0 N–H and O–H groups in total. The molecule has 30 heavy (non-hydrogen) atoms.